The van der Waals surface area contributed by atoms with Crippen LogP contribution >= 0.6 is 0 Å². The molecule has 7 nitrogen and oxygen atoms in total. The lowest BCUT2D eigenvalue weighted by atomic mass is 10.1. The van der Waals surface area contributed by atoms with Gasteiger partial charge in [0.05, 0.1) is 17.2 Å². The van der Waals surface area contributed by atoms with E-state index in [9.17, 15) is 14.9 Å². The van der Waals surface area contributed by atoms with Crippen molar-refractivity contribution in [2.45, 2.75) is 26.4 Å². The van der Waals surface area contributed by atoms with Crippen LogP contribution < -0.4 is 10.5 Å². The van der Waals surface area contributed by atoms with Crippen molar-refractivity contribution in [3.05, 3.63) is 28.3 Å². The number of non-ortho nitro benzene ring substituents is 1. The number of nitro benzene ring substituents is 1. The Balaban J connectivity index is 2.93. The van der Waals surface area contributed by atoms with Gasteiger partial charge in [0, 0.05) is 12.1 Å². The summed E-state index contributed by atoms with van der Waals surface area (Å²) in [4.78, 5) is 21.7. The highest BCUT2D eigenvalue weighted by atomic mass is 16.6. The van der Waals surface area contributed by atoms with Crippen LogP contribution in [0.1, 0.15) is 20.8 Å². The number of nitro groups is 1. The molecule has 0 heterocycles. The Morgan fingerprint density at radius 2 is 2.11 bits per heavy atom. The number of esters is 1. The molecular formula is C12H16N2O5. The lowest BCUT2D eigenvalue weighted by Gasteiger charge is -2.24. The zero-order valence-corrected chi connectivity index (χ0v) is 11.0. The number of ether oxygens (including phenoxy) is 2. The third-order valence-corrected chi connectivity index (χ3v) is 2.34. The fourth-order valence-electron chi connectivity index (χ4n) is 1.36. The molecule has 0 aliphatic heterocycles. The molecule has 0 radical (unpaired) electrons. The van der Waals surface area contributed by atoms with Crippen molar-refractivity contribution in [1.82, 2.24) is 0 Å². The van der Waals surface area contributed by atoms with Gasteiger partial charge in [-0.1, -0.05) is 0 Å². The molecule has 0 saturated heterocycles. The number of benzene rings is 1. The van der Waals surface area contributed by atoms with Crippen molar-refractivity contribution >= 4 is 17.3 Å². The van der Waals surface area contributed by atoms with Crippen LogP contribution in [-0.2, 0) is 9.53 Å². The molecule has 19 heavy (non-hydrogen) atoms. The van der Waals surface area contributed by atoms with Gasteiger partial charge in [-0.25, -0.2) is 4.79 Å². The summed E-state index contributed by atoms with van der Waals surface area (Å²) < 4.78 is 10.3. The molecule has 7 heteroatoms. The maximum atomic E-state index is 11.7. The number of carbonyl (C=O) groups excluding carboxylic acids is 1. The lowest BCUT2D eigenvalue weighted by Crippen LogP contribution is -2.39. The number of nitrogen functional groups attached to an aromatic ring is 1. The topological polar surface area (TPSA) is 105 Å². The highest BCUT2D eigenvalue weighted by Gasteiger charge is 2.32. The highest BCUT2D eigenvalue weighted by Crippen LogP contribution is 2.29. The Kier molecular flexibility index (Phi) is 4.31. The van der Waals surface area contributed by atoms with Crippen LogP contribution in [0.5, 0.6) is 5.75 Å². The first kappa shape index (κ1) is 14.7. The van der Waals surface area contributed by atoms with Gasteiger partial charge in [-0.3, -0.25) is 10.1 Å². The largest absolute Gasteiger partial charge is 0.474 e. The average Bonchev–Trinajstić information content (AvgIpc) is 2.31. The summed E-state index contributed by atoms with van der Waals surface area (Å²) in [5.41, 5.74) is 4.39. The molecule has 104 valence electrons. The number of nitrogens with zero attached hydrogens (tertiary/aromatic N) is 1. The molecule has 1 aromatic carbocycles. The van der Waals surface area contributed by atoms with E-state index in [1.54, 1.807) is 6.92 Å². The minimum absolute atomic E-state index is 0.0894. The normalized spacial score (nSPS) is 10.9. The first-order valence-electron chi connectivity index (χ1n) is 5.68. The van der Waals surface area contributed by atoms with Crippen LogP contribution in [0.3, 0.4) is 0 Å². The zero-order chi connectivity index (χ0) is 14.6. The summed E-state index contributed by atoms with van der Waals surface area (Å²) in [6, 6.07) is 3.79. The maximum absolute atomic E-state index is 11.7. The molecule has 2 N–H and O–H groups in total. The van der Waals surface area contributed by atoms with Crippen LogP contribution in [0.2, 0.25) is 0 Å². The SMILES string of the molecule is CCOC(=O)C(C)(C)Oc1ccc([N+](=O)[O-])cc1N. The molecule has 0 fully saturated rings. The molecule has 1 aromatic rings. The van der Waals surface area contributed by atoms with Crippen molar-refractivity contribution in [2.75, 3.05) is 12.3 Å². The summed E-state index contributed by atoms with van der Waals surface area (Å²) in [7, 11) is 0. The number of nitrogens with two attached hydrogens (primary N) is 1. The first-order valence-corrected chi connectivity index (χ1v) is 5.68. The smallest absolute Gasteiger partial charge is 0.349 e. The Morgan fingerprint density at radius 1 is 1.47 bits per heavy atom. The van der Waals surface area contributed by atoms with E-state index in [1.807, 2.05) is 0 Å². The fraction of sp³-hybridized carbons (Fsp3) is 0.417. The number of hydrogen-bond donors (Lipinski definition) is 1. The fourth-order valence-corrected chi connectivity index (χ4v) is 1.36. The van der Waals surface area contributed by atoms with Gasteiger partial charge in [-0.2, -0.15) is 0 Å². The minimum atomic E-state index is -1.22. The van der Waals surface area contributed by atoms with Gasteiger partial charge in [0.1, 0.15) is 5.75 Å². The van der Waals surface area contributed by atoms with Crippen molar-refractivity contribution in [3.8, 4) is 5.75 Å². The van der Waals surface area contributed by atoms with E-state index in [2.05, 4.69) is 0 Å². The monoisotopic (exact) mass is 268 g/mol. The number of hydrogen-bond acceptors (Lipinski definition) is 6. The first-order chi connectivity index (χ1) is 8.77. The molecule has 0 unspecified atom stereocenters. The Hall–Kier alpha value is -2.31. The predicted molar refractivity (Wildman–Crippen MR) is 68.8 cm³/mol. The molecule has 0 bridgehead atoms. The molecule has 0 aliphatic rings. The lowest BCUT2D eigenvalue weighted by molar-refractivity contribution is -0.384. The van der Waals surface area contributed by atoms with Crippen molar-refractivity contribution in [2.24, 2.45) is 0 Å². The average molecular weight is 268 g/mol. The van der Waals surface area contributed by atoms with Crippen LogP contribution in [0, 0.1) is 10.1 Å². The van der Waals surface area contributed by atoms with Gasteiger partial charge in [-0.15, -0.1) is 0 Å². The van der Waals surface area contributed by atoms with Crippen LogP contribution in [0.25, 0.3) is 0 Å². The van der Waals surface area contributed by atoms with Crippen LogP contribution in [0.15, 0.2) is 18.2 Å². The summed E-state index contributed by atoms with van der Waals surface area (Å²) in [6.45, 7) is 4.99. The Labute approximate surface area is 110 Å². The van der Waals surface area contributed by atoms with Crippen molar-refractivity contribution in [3.63, 3.8) is 0 Å². The molecule has 0 aliphatic carbocycles. The Morgan fingerprint density at radius 3 is 2.58 bits per heavy atom. The second kappa shape index (κ2) is 5.55. The third-order valence-electron chi connectivity index (χ3n) is 2.34. The minimum Gasteiger partial charge on any atom is -0.474 e. The van der Waals surface area contributed by atoms with E-state index in [1.165, 1.54) is 32.0 Å². The quantitative estimate of drug-likeness (QED) is 0.378. The molecule has 0 saturated carbocycles. The van der Waals surface area contributed by atoms with E-state index in [-0.39, 0.29) is 23.7 Å². The molecular weight excluding hydrogens is 252 g/mol. The molecule has 0 spiro atoms. The van der Waals surface area contributed by atoms with E-state index in [4.69, 9.17) is 15.2 Å². The van der Waals surface area contributed by atoms with Crippen molar-refractivity contribution < 1.29 is 19.2 Å². The van der Waals surface area contributed by atoms with Gasteiger partial charge in [0.2, 0.25) is 0 Å². The predicted octanol–water partition coefficient (Wildman–Crippen LogP) is 1.90. The zero-order valence-electron chi connectivity index (χ0n) is 11.0. The van der Waals surface area contributed by atoms with Gasteiger partial charge >= 0.3 is 5.97 Å². The second-order valence-electron chi connectivity index (χ2n) is 4.31. The molecule has 0 aromatic heterocycles. The highest BCUT2D eigenvalue weighted by molar-refractivity contribution is 5.79. The summed E-state index contributed by atoms with van der Waals surface area (Å²) >= 11 is 0. The van der Waals surface area contributed by atoms with E-state index in [0.717, 1.165) is 0 Å². The number of carbonyl (C=O) groups is 1. The second-order valence-corrected chi connectivity index (χ2v) is 4.31. The van der Waals surface area contributed by atoms with Crippen molar-refractivity contribution in [1.29, 1.82) is 0 Å². The molecule has 1 rings (SSSR count). The van der Waals surface area contributed by atoms with Gasteiger partial charge in [0.25, 0.3) is 5.69 Å². The van der Waals surface area contributed by atoms with Crippen LogP contribution in [0.4, 0.5) is 11.4 Å². The maximum Gasteiger partial charge on any atom is 0.349 e. The van der Waals surface area contributed by atoms with Gasteiger partial charge < -0.3 is 15.2 Å². The van der Waals surface area contributed by atoms with Gasteiger partial charge in [0.15, 0.2) is 5.60 Å². The number of anilines is 1. The summed E-state index contributed by atoms with van der Waals surface area (Å²) in [6.07, 6.45) is 0. The number of rotatable bonds is 5. The van der Waals surface area contributed by atoms with E-state index < -0.39 is 16.5 Å². The van der Waals surface area contributed by atoms with Gasteiger partial charge in [-0.05, 0) is 26.8 Å². The van der Waals surface area contributed by atoms with E-state index >= 15 is 0 Å². The summed E-state index contributed by atoms with van der Waals surface area (Å²) in [5, 5.41) is 10.6. The Bertz CT molecular complexity index is 499. The summed E-state index contributed by atoms with van der Waals surface area (Å²) in [5.74, 6) is -0.337. The molecule has 0 amide bonds. The third kappa shape index (κ3) is 3.57. The van der Waals surface area contributed by atoms with E-state index in [0.29, 0.717) is 0 Å². The standard InChI is InChI=1S/C12H16N2O5/c1-4-18-11(15)12(2,3)19-10-6-5-8(14(16)17)7-9(10)13/h5-7H,4,13H2,1-3H3. The van der Waals surface area contributed by atoms with Crippen LogP contribution in [-0.4, -0.2) is 23.1 Å². The molecule has 0 atom stereocenters.